The van der Waals surface area contributed by atoms with Gasteiger partial charge in [0.1, 0.15) is 17.1 Å². The summed E-state index contributed by atoms with van der Waals surface area (Å²) in [6.45, 7) is 7.78. The Labute approximate surface area is 170 Å². The highest BCUT2D eigenvalue weighted by Crippen LogP contribution is 2.44. The van der Waals surface area contributed by atoms with Gasteiger partial charge in [0, 0.05) is 22.8 Å². The minimum Gasteiger partial charge on any atom is -0.493 e. The largest absolute Gasteiger partial charge is 0.493 e. The minimum absolute atomic E-state index is 0.0173. The molecule has 0 fully saturated rings. The normalized spacial score (nSPS) is 15.6. The van der Waals surface area contributed by atoms with Gasteiger partial charge in [-0.25, -0.2) is 4.79 Å². The van der Waals surface area contributed by atoms with Crippen LogP contribution in [0.5, 0.6) is 11.5 Å². The lowest BCUT2D eigenvalue weighted by Crippen LogP contribution is -2.29. The second kappa shape index (κ2) is 8.11. The highest BCUT2D eigenvalue weighted by molar-refractivity contribution is 5.95. The Morgan fingerprint density at radius 1 is 1.21 bits per heavy atom. The van der Waals surface area contributed by atoms with Gasteiger partial charge in [-0.05, 0) is 50.5 Å². The van der Waals surface area contributed by atoms with Crippen molar-refractivity contribution in [3.63, 3.8) is 0 Å². The molecule has 0 aliphatic carbocycles. The number of hydrogen-bond donors (Lipinski definition) is 1. The van der Waals surface area contributed by atoms with Gasteiger partial charge in [0.15, 0.2) is 0 Å². The fourth-order valence-corrected chi connectivity index (χ4v) is 3.35. The molecule has 0 aromatic heterocycles. The molecule has 152 valence electrons. The molecule has 1 heterocycles. The molecular weight excluding hydrogens is 371 g/mol. The van der Waals surface area contributed by atoms with E-state index in [1.807, 2.05) is 57.2 Å². The Morgan fingerprint density at radius 2 is 1.90 bits per heavy atom. The van der Waals surface area contributed by atoms with Crippen molar-refractivity contribution in [2.45, 2.75) is 39.7 Å². The molecule has 29 heavy (non-hydrogen) atoms. The fourth-order valence-electron chi connectivity index (χ4n) is 3.35. The van der Waals surface area contributed by atoms with E-state index in [0.717, 1.165) is 23.1 Å². The van der Waals surface area contributed by atoms with Crippen LogP contribution >= 0.6 is 0 Å². The molecule has 0 saturated carbocycles. The van der Waals surface area contributed by atoms with Crippen LogP contribution in [0.2, 0.25) is 0 Å². The molecule has 4 nitrogen and oxygen atoms in total. The van der Waals surface area contributed by atoms with Crippen LogP contribution in [0.3, 0.4) is 0 Å². The molecule has 0 bridgehead atoms. The van der Waals surface area contributed by atoms with E-state index in [4.69, 9.17) is 14.6 Å². The van der Waals surface area contributed by atoms with Crippen LogP contribution in [0.25, 0.3) is 11.1 Å². The lowest BCUT2D eigenvalue weighted by Gasteiger charge is -2.32. The molecular formula is C24H25FO4. The Hall–Kier alpha value is -3.08. The Kier molecular flexibility index (Phi) is 5.78. The van der Waals surface area contributed by atoms with Gasteiger partial charge in [-0.2, -0.15) is 4.39 Å². The third-order valence-corrected chi connectivity index (χ3v) is 4.70. The summed E-state index contributed by atoms with van der Waals surface area (Å²) in [5.74, 6) is -1.77. The van der Waals surface area contributed by atoms with Crippen LogP contribution in [-0.4, -0.2) is 23.3 Å². The molecule has 0 spiro atoms. The molecule has 3 rings (SSSR count). The van der Waals surface area contributed by atoms with Gasteiger partial charge in [0.25, 0.3) is 0 Å². The Balaban J connectivity index is 2.25. The van der Waals surface area contributed by atoms with E-state index in [1.165, 1.54) is 6.92 Å². The third-order valence-electron chi connectivity index (χ3n) is 4.70. The Bertz CT molecular complexity index is 987. The number of halogens is 1. The number of allylic oxidation sites excluding steroid dienone is 1. The number of ether oxygens (including phenoxy) is 2. The molecule has 2 aromatic rings. The zero-order valence-electron chi connectivity index (χ0n) is 17.1. The van der Waals surface area contributed by atoms with Crippen molar-refractivity contribution in [3.8, 4) is 11.5 Å². The molecule has 1 aliphatic rings. The van der Waals surface area contributed by atoms with Gasteiger partial charge in [-0.3, -0.25) is 0 Å². The maximum absolute atomic E-state index is 14.3. The van der Waals surface area contributed by atoms with Crippen molar-refractivity contribution in [3.05, 3.63) is 71.1 Å². The molecule has 2 aromatic carbocycles. The van der Waals surface area contributed by atoms with Gasteiger partial charge >= 0.3 is 5.97 Å². The molecule has 0 saturated heterocycles. The van der Waals surface area contributed by atoms with E-state index in [2.05, 4.69) is 0 Å². The van der Waals surface area contributed by atoms with Crippen LogP contribution in [-0.2, 0) is 4.79 Å². The number of carbonyl (C=O) groups is 1. The summed E-state index contributed by atoms with van der Waals surface area (Å²) in [4.78, 5) is 11.2. The lowest BCUT2D eigenvalue weighted by molar-refractivity contribution is -0.134. The highest BCUT2D eigenvalue weighted by atomic mass is 19.1. The van der Waals surface area contributed by atoms with E-state index in [1.54, 1.807) is 12.1 Å². The first-order chi connectivity index (χ1) is 13.7. The number of hydrogen-bond acceptors (Lipinski definition) is 3. The standard InChI is InChI=1S/C24H25FO4/c1-5-11-28-20-13-21-18(12-17(20)15(2)22(25)23(26)27)19(14-24(3,4)29-21)16-9-7-6-8-10-16/h6-10,12-14H,5,11H2,1-4H3,(H,26,27)/b22-15+. The monoisotopic (exact) mass is 396 g/mol. The number of fused-ring (bicyclic) bond motifs is 1. The second-order valence-corrected chi connectivity index (χ2v) is 7.57. The highest BCUT2D eigenvalue weighted by Gasteiger charge is 2.29. The minimum atomic E-state index is -1.60. The molecule has 1 aliphatic heterocycles. The number of aliphatic carboxylic acids is 1. The smallest absolute Gasteiger partial charge is 0.365 e. The molecule has 0 unspecified atom stereocenters. The topological polar surface area (TPSA) is 55.8 Å². The van der Waals surface area contributed by atoms with Gasteiger partial charge in [0.05, 0.1) is 6.61 Å². The molecule has 5 heteroatoms. The average Bonchev–Trinajstić information content (AvgIpc) is 2.69. The second-order valence-electron chi connectivity index (χ2n) is 7.57. The van der Waals surface area contributed by atoms with Crippen LogP contribution < -0.4 is 9.47 Å². The van der Waals surface area contributed by atoms with Crippen molar-refractivity contribution in [2.75, 3.05) is 6.61 Å². The van der Waals surface area contributed by atoms with Gasteiger partial charge < -0.3 is 14.6 Å². The predicted octanol–water partition coefficient (Wildman–Crippen LogP) is 5.86. The molecule has 0 amide bonds. The molecule has 0 radical (unpaired) electrons. The predicted molar refractivity (Wildman–Crippen MR) is 112 cm³/mol. The Morgan fingerprint density at radius 3 is 2.52 bits per heavy atom. The van der Waals surface area contributed by atoms with Crippen molar-refractivity contribution >= 4 is 17.1 Å². The summed E-state index contributed by atoms with van der Waals surface area (Å²) in [5.41, 5.74) is 2.60. The average molecular weight is 396 g/mol. The first-order valence-electron chi connectivity index (χ1n) is 9.62. The number of rotatable bonds is 6. The van der Waals surface area contributed by atoms with Crippen LogP contribution in [0.4, 0.5) is 4.39 Å². The molecule has 0 atom stereocenters. The summed E-state index contributed by atoms with van der Waals surface area (Å²) >= 11 is 0. The van der Waals surface area contributed by atoms with E-state index in [9.17, 15) is 9.18 Å². The summed E-state index contributed by atoms with van der Waals surface area (Å²) in [5, 5.41) is 9.11. The van der Waals surface area contributed by atoms with Gasteiger partial charge in [-0.15, -0.1) is 0 Å². The summed E-state index contributed by atoms with van der Waals surface area (Å²) in [6, 6.07) is 13.3. The van der Waals surface area contributed by atoms with E-state index in [-0.39, 0.29) is 5.57 Å². The number of carboxylic acid groups (broad SMARTS) is 1. The summed E-state index contributed by atoms with van der Waals surface area (Å²) < 4.78 is 26.2. The first-order valence-corrected chi connectivity index (χ1v) is 9.62. The van der Waals surface area contributed by atoms with Crippen molar-refractivity contribution in [2.24, 2.45) is 0 Å². The van der Waals surface area contributed by atoms with E-state index >= 15 is 0 Å². The van der Waals surface area contributed by atoms with E-state index < -0.39 is 17.4 Å². The zero-order chi connectivity index (χ0) is 21.2. The van der Waals surface area contributed by atoms with Crippen molar-refractivity contribution < 1.29 is 23.8 Å². The van der Waals surface area contributed by atoms with Crippen LogP contribution in [0.1, 0.15) is 50.8 Å². The van der Waals surface area contributed by atoms with Gasteiger partial charge in [-0.1, -0.05) is 37.3 Å². The third kappa shape index (κ3) is 4.34. The van der Waals surface area contributed by atoms with Crippen LogP contribution in [0, 0.1) is 0 Å². The summed E-state index contributed by atoms with van der Waals surface area (Å²) in [7, 11) is 0. The lowest BCUT2D eigenvalue weighted by atomic mass is 9.88. The molecule has 1 N–H and O–H groups in total. The SMILES string of the molecule is CCCOc1cc2c(cc1/C(C)=C(/F)C(=O)O)C(c1ccccc1)=CC(C)(C)O2. The number of benzene rings is 2. The number of carboxylic acids is 1. The van der Waals surface area contributed by atoms with Crippen molar-refractivity contribution in [1.29, 1.82) is 0 Å². The first kappa shape index (κ1) is 20.6. The van der Waals surface area contributed by atoms with E-state index in [0.29, 0.717) is 23.7 Å². The maximum atomic E-state index is 14.3. The zero-order valence-corrected chi connectivity index (χ0v) is 17.1. The maximum Gasteiger partial charge on any atom is 0.365 e. The summed E-state index contributed by atoms with van der Waals surface area (Å²) in [6.07, 6.45) is 2.79. The van der Waals surface area contributed by atoms with Crippen LogP contribution in [0.15, 0.2) is 54.4 Å². The van der Waals surface area contributed by atoms with Gasteiger partial charge in [0.2, 0.25) is 5.83 Å². The fraction of sp³-hybridized carbons (Fsp3) is 0.292. The quantitative estimate of drug-likeness (QED) is 0.621. The van der Waals surface area contributed by atoms with Crippen molar-refractivity contribution in [1.82, 2.24) is 0 Å².